The zero-order valence-electron chi connectivity index (χ0n) is 18.8. The second-order valence-electron chi connectivity index (χ2n) is 8.14. The molecule has 0 unspecified atom stereocenters. The molecule has 0 aliphatic heterocycles. The maximum absolute atomic E-state index is 6.97. The van der Waals surface area contributed by atoms with Crippen LogP contribution in [0.2, 0.25) is 5.82 Å². The highest BCUT2D eigenvalue weighted by Crippen LogP contribution is 2.35. The van der Waals surface area contributed by atoms with E-state index in [9.17, 15) is 0 Å². The summed E-state index contributed by atoms with van der Waals surface area (Å²) in [6, 6.07) is 8.31. The van der Waals surface area contributed by atoms with Crippen molar-refractivity contribution in [3.8, 4) is 5.75 Å². The van der Waals surface area contributed by atoms with Gasteiger partial charge >= 0.3 is 7.48 Å². The minimum atomic E-state index is 0.354. The second kappa shape index (κ2) is 10.8. The molecule has 1 saturated carbocycles. The highest BCUT2D eigenvalue weighted by molar-refractivity contribution is 6.31. The smallest absolute Gasteiger partial charge is 0.374 e. The molecule has 1 fully saturated rings. The van der Waals surface area contributed by atoms with E-state index in [-0.39, 0.29) is 0 Å². The van der Waals surface area contributed by atoms with Crippen LogP contribution in [-0.2, 0) is 11.1 Å². The first-order chi connectivity index (χ1) is 16.1. The molecule has 171 valence electrons. The number of anilines is 3. The molecule has 0 atom stereocenters. The summed E-state index contributed by atoms with van der Waals surface area (Å²) in [6.45, 7) is 2.61. The van der Waals surface area contributed by atoms with Crippen LogP contribution in [0.15, 0.2) is 42.9 Å². The van der Waals surface area contributed by atoms with Gasteiger partial charge in [-0.25, -0.2) is 9.97 Å². The summed E-state index contributed by atoms with van der Waals surface area (Å²) in [5, 5.41) is 14.8. The normalized spacial score (nSPS) is 17.8. The minimum absolute atomic E-state index is 0.354. The third-order valence-electron chi connectivity index (χ3n) is 5.82. The van der Waals surface area contributed by atoms with Gasteiger partial charge in [0.25, 0.3) is 0 Å². The van der Waals surface area contributed by atoms with Crippen LogP contribution in [0.1, 0.15) is 49.9 Å². The highest BCUT2D eigenvalue weighted by atomic mass is 16.5. The van der Waals surface area contributed by atoms with Gasteiger partial charge in [-0.15, -0.1) is 0 Å². The maximum atomic E-state index is 6.97. The minimum Gasteiger partial charge on any atom is -0.555 e. The first-order valence-electron chi connectivity index (χ1n) is 11.3. The van der Waals surface area contributed by atoms with Gasteiger partial charge in [0.05, 0.1) is 42.1 Å². The van der Waals surface area contributed by atoms with Crippen molar-refractivity contribution in [3.05, 3.63) is 54.1 Å². The molecule has 1 aromatic carbocycles. The van der Waals surface area contributed by atoms with Crippen molar-refractivity contribution in [2.75, 3.05) is 17.7 Å². The number of nitrogens with zero attached hydrogens (tertiary/aromatic N) is 4. The number of nitrogen functional groups attached to an aromatic ring is 1. The molecule has 1 radical (unpaired) electrons. The number of nitrogens with one attached hydrogen (secondary N) is 2. The van der Waals surface area contributed by atoms with Crippen molar-refractivity contribution < 1.29 is 9.39 Å². The molecule has 3 aromatic rings. The molecule has 1 aliphatic rings. The Morgan fingerprint density at radius 1 is 1.21 bits per heavy atom. The second-order valence-corrected chi connectivity index (χ2v) is 8.14. The maximum Gasteiger partial charge on any atom is 0.374 e. The van der Waals surface area contributed by atoms with E-state index >= 15 is 0 Å². The molecule has 4 rings (SSSR count). The van der Waals surface area contributed by atoms with Gasteiger partial charge in [-0.1, -0.05) is 25.0 Å². The lowest BCUT2D eigenvalue weighted by Gasteiger charge is -2.27. The zero-order valence-corrected chi connectivity index (χ0v) is 18.8. The van der Waals surface area contributed by atoms with Crippen molar-refractivity contribution in [3.63, 3.8) is 0 Å². The largest absolute Gasteiger partial charge is 0.555 e. The van der Waals surface area contributed by atoms with E-state index in [1.54, 1.807) is 19.9 Å². The van der Waals surface area contributed by atoms with Crippen LogP contribution in [0, 0.1) is 5.41 Å². The molecule has 33 heavy (non-hydrogen) atoms. The molecule has 0 saturated heterocycles. The van der Waals surface area contributed by atoms with Gasteiger partial charge in [-0.05, 0) is 43.3 Å². The van der Waals surface area contributed by atoms with Crippen LogP contribution < -0.4 is 15.8 Å². The van der Waals surface area contributed by atoms with E-state index in [0.29, 0.717) is 36.5 Å². The van der Waals surface area contributed by atoms with E-state index in [0.717, 1.165) is 54.8 Å². The lowest BCUT2D eigenvalue weighted by Crippen LogP contribution is -2.19. The molecule has 4 N–H and O–H groups in total. The Balaban J connectivity index is 1.37. The quantitative estimate of drug-likeness (QED) is 0.243. The molecule has 9 nitrogen and oxygen atoms in total. The third kappa shape index (κ3) is 6.03. The standard InChI is InChI=1S/C23H29BN7O2/c1-2-32-20-9-3-16(4-10-20)11-22-21(26)13-27-23(30-22)29-18-12-28-31(14-18)19-7-5-17(6-8-19)24-33-15-25/h3-4,9-10,12-15,17,19,25H,2,5-8,11,26H2,1H3,(H,27,29,30). The van der Waals surface area contributed by atoms with Crippen LogP contribution in [0.25, 0.3) is 0 Å². The van der Waals surface area contributed by atoms with Gasteiger partial charge in [0, 0.05) is 12.6 Å². The fraction of sp³-hybridized carbons (Fsp3) is 0.391. The Labute approximate surface area is 194 Å². The summed E-state index contributed by atoms with van der Waals surface area (Å²) >= 11 is 0. The van der Waals surface area contributed by atoms with Gasteiger partial charge in [0.2, 0.25) is 5.95 Å². The van der Waals surface area contributed by atoms with Crippen molar-refractivity contribution in [2.24, 2.45) is 0 Å². The number of aromatic nitrogens is 4. The Morgan fingerprint density at radius 2 is 2.00 bits per heavy atom. The summed E-state index contributed by atoms with van der Waals surface area (Å²) in [5.41, 5.74) is 9.40. The van der Waals surface area contributed by atoms with E-state index in [4.69, 9.17) is 20.5 Å². The van der Waals surface area contributed by atoms with Crippen molar-refractivity contribution >= 4 is 31.2 Å². The Kier molecular flexibility index (Phi) is 7.44. The van der Waals surface area contributed by atoms with Gasteiger partial charge in [0.1, 0.15) is 12.2 Å². The zero-order chi connectivity index (χ0) is 23.0. The topological polar surface area (TPSA) is 124 Å². The lowest BCUT2D eigenvalue weighted by molar-refractivity contribution is 0.322. The van der Waals surface area contributed by atoms with E-state index in [1.807, 2.05) is 42.1 Å². The first kappa shape index (κ1) is 22.6. The first-order valence-corrected chi connectivity index (χ1v) is 11.3. The van der Waals surface area contributed by atoms with E-state index < -0.39 is 0 Å². The highest BCUT2D eigenvalue weighted by Gasteiger charge is 2.24. The summed E-state index contributed by atoms with van der Waals surface area (Å²) in [7, 11) is 1.77. The SMILES string of the molecule is CCOc1ccc(Cc2nc(Nc3cnn(C4CCC([B]OC=N)CC4)c3)ncc2N)cc1. The van der Waals surface area contributed by atoms with Gasteiger partial charge in [-0.3, -0.25) is 10.1 Å². The van der Waals surface area contributed by atoms with Crippen molar-refractivity contribution in [2.45, 2.75) is 50.9 Å². The predicted molar refractivity (Wildman–Crippen MR) is 129 cm³/mol. The number of rotatable bonds is 10. The molecule has 2 aromatic heterocycles. The summed E-state index contributed by atoms with van der Waals surface area (Å²) in [6.07, 6.45) is 11.1. The molecule has 0 bridgehead atoms. The molecule has 0 spiro atoms. The lowest BCUT2D eigenvalue weighted by atomic mass is 9.69. The van der Waals surface area contributed by atoms with Gasteiger partial charge in [-0.2, -0.15) is 5.10 Å². The summed E-state index contributed by atoms with van der Waals surface area (Å²) in [5.74, 6) is 1.74. The molecule has 1 aliphatic carbocycles. The van der Waals surface area contributed by atoms with Gasteiger partial charge in [0.15, 0.2) is 0 Å². The van der Waals surface area contributed by atoms with Crippen LogP contribution >= 0.6 is 0 Å². The Hall–Kier alpha value is -3.56. The molecular weight excluding hydrogens is 417 g/mol. The molecule has 2 heterocycles. The van der Waals surface area contributed by atoms with Gasteiger partial charge < -0.3 is 20.4 Å². The van der Waals surface area contributed by atoms with Crippen LogP contribution in [0.4, 0.5) is 17.3 Å². The summed E-state index contributed by atoms with van der Waals surface area (Å²) in [4.78, 5) is 8.96. The van der Waals surface area contributed by atoms with E-state index in [1.165, 1.54) is 0 Å². The van der Waals surface area contributed by atoms with Crippen molar-refractivity contribution in [1.29, 1.82) is 5.41 Å². The average molecular weight is 446 g/mol. The average Bonchev–Trinajstić information content (AvgIpc) is 3.30. The van der Waals surface area contributed by atoms with Crippen LogP contribution in [-0.4, -0.2) is 40.2 Å². The number of ether oxygens (including phenoxy) is 1. The number of hydrogen-bond acceptors (Lipinski definition) is 8. The van der Waals surface area contributed by atoms with Crippen LogP contribution in [0.5, 0.6) is 5.75 Å². The van der Waals surface area contributed by atoms with Crippen LogP contribution in [0.3, 0.4) is 0 Å². The fourth-order valence-corrected chi connectivity index (χ4v) is 4.08. The van der Waals surface area contributed by atoms with Crippen molar-refractivity contribution in [1.82, 2.24) is 19.7 Å². The Morgan fingerprint density at radius 3 is 2.73 bits per heavy atom. The fourth-order valence-electron chi connectivity index (χ4n) is 4.08. The monoisotopic (exact) mass is 446 g/mol. The number of hydrogen-bond donors (Lipinski definition) is 3. The summed E-state index contributed by atoms with van der Waals surface area (Å²) < 4.78 is 12.5. The third-order valence-corrected chi connectivity index (χ3v) is 5.82. The van der Waals surface area contributed by atoms with E-state index in [2.05, 4.69) is 20.4 Å². The molecule has 10 heteroatoms. The number of nitrogens with two attached hydrogens (primary N) is 1. The Bertz CT molecular complexity index is 1050. The molecular formula is C23H29BN7O2. The predicted octanol–water partition coefficient (Wildman–Crippen LogP) is 4.13. The molecule has 0 amide bonds. The number of benzene rings is 1.